The summed E-state index contributed by atoms with van der Waals surface area (Å²) in [6.07, 6.45) is 4.17. The molecule has 0 saturated carbocycles. The number of aromatic nitrogens is 2. The van der Waals surface area contributed by atoms with E-state index in [4.69, 9.17) is 4.42 Å². The van der Waals surface area contributed by atoms with Crippen LogP contribution < -0.4 is 10.6 Å². The molecule has 0 aliphatic rings. The molecule has 0 spiro atoms. The summed E-state index contributed by atoms with van der Waals surface area (Å²) in [6, 6.07) is 6.09. The van der Waals surface area contributed by atoms with Crippen LogP contribution in [-0.2, 0) is 13.0 Å². The van der Waals surface area contributed by atoms with Crippen LogP contribution in [0.25, 0.3) is 11.5 Å². The normalized spacial score (nSPS) is 11.2. The molecule has 1 aromatic carbocycles. The Morgan fingerprint density at radius 3 is 2.71 bits per heavy atom. The van der Waals surface area contributed by atoms with E-state index in [1.807, 2.05) is 20.0 Å². The molecular weight excluding hydrogens is 492 g/mol. The fourth-order valence-corrected chi connectivity index (χ4v) is 3.13. The molecule has 2 N–H and O–H groups in total. The Balaban J connectivity index is 0.00000280. The summed E-state index contributed by atoms with van der Waals surface area (Å²) in [6.45, 7) is 6.05. The van der Waals surface area contributed by atoms with Crippen LogP contribution in [0.4, 0.5) is 4.39 Å². The Bertz CT molecular complexity index is 894. The van der Waals surface area contributed by atoms with Gasteiger partial charge in [-0.15, -0.1) is 35.3 Å². The molecule has 0 amide bonds. The van der Waals surface area contributed by atoms with Crippen molar-refractivity contribution in [2.45, 2.75) is 26.8 Å². The molecular formula is C19H23FIN5OS. The van der Waals surface area contributed by atoms with E-state index in [0.29, 0.717) is 25.4 Å². The van der Waals surface area contributed by atoms with Gasteiger partial charge in [0.25, 0.3) is 0 Å². The predicted octanol–water partition coefficient (Wildman–Crippen LogP) is 4.16. The highest BCUT2D eigenvalue weighted by Gasteiger charge is 2.07. The molecule has 28 heavy (non-hydrogen) atoms. The Morgan fingerprint density at radius 1 is 1.25 bits per heavy atom. The summed E-state index contributed by atoms with van der Waals surface area (Å²) in [5, 5.41) is 7.50. The van der Waals surface area contributed by atoms with Crippen molar-refractivity contribution in [2.75, 3.05) is 13.1 Å². The highest BCUT2D eigenvalue weighted by atomic mass is 127. The van der Waals surface area contributed by atoms with Crippen molar-refractivity contribution in [3.05, 3.63) is 58.1 Å². The number of guanidine groups is 1. The lowest BCUT2D eigenvalue weighted by Gasteiger charge is -2.10. The van der Waals surface area contributed by atoms with Crippen LogP contribution in [0.2, 0.25) is 0 Å². The van der Waals surface area contributed by atoms with Gasteiger partial charge in [-0.1, -0.05) is 0 Å². The molecule has 3 aromatic rings. The van der Waals surface area contributed by atoms with Gasteiger partial charge in [0.15, 0.2) is 5.96 Å². The molecule has 2 heterocycles. The number of thiazole rings is 1. The maximum Gasteiger partial charge on any atom is 0.226 e. The van der Waals surface area contributed by atoms with Crippen molar-refractivity contribution < 1.29 is 8.81 Å². The molecule has 0 bridgehead atoms. The van der Waals surface area contributed by atoms with Gasteiger partial charge >= 0.3 is 0 Å². The fraction of sp³-hybridized carbons (Fsp3) is 0.316. The number of oxazole rings is 1. The van der Waals surface area contributed by atoms with Crippen LogP contribution >= 0.6 is 35.3 Å². The van der Waals surface area contributed by atoms with Gasteiger partial charge in [-0.05, 0) is 38.1 Å². The number of hydrogen-bond acceptors (Lipinski definition) is 5. The monoisotopic (exact) mass is 515 g/mol. The minimum absolute atomic E-state index is 0. The van der Waals surface area contributed by atoms with Gasteiger partial charge in [-0.2, -0.15) is 0 Å². The number of hydrogen-bond donors (Lipinski definition) is 2. The molecule has 2 aromatic heterocycles. The van der Waals surface area contributed by atoms with Crippen molar-refractivity contribution in [1.29, 1.82) is 0 Å². The zero-order valence-electron chi connectivity index (χ0n) is 15.7. The van der Waals surface area contributed by atoms with Gasteiger partial charge in [0.2, 0.25) is 5.89 Å². The molecule has 0 atom stereocenters. The molecule has 0 unspecified atom stereocenters. The summed E-state index contributed by atoms with van der Waals surface area (Å²) >= 11 is 1.65. The standard InChI is InChI=1S/C19H22FN5OS.HI/c1-3-21-19(24-11-17-23-10-13(2)27-17)22-9-8-16-12-26-18(25-16)14-4-6-15(20)7-5-14;/h4-7,10,12H,3,8-9,11H2,1-2H3,(H2,21,22,24);1H. The summed E-state index contributed by atoms with van der Waals surface area (Å²) in [5.74, 6) is 0.954. The zero-order chi connectivity index (χ0) is 19.1. The highest BCUT2D eigenvalue weighted by molar-refractivity contribution is 14.0. The van der Waals surface area contributed by atoms with Crippen molar-refractivity contribution >= 4 is 41.3 Å². The fourth-order valence-electron chi connectivity index (χ4n) is 2.42. The molecule has 0 fully saturated rings. The van der Waals surface area contributed by atoms with E-state index in [1.54, 1.807) is 29.7 Å². The number of halogens is 2. The number of benzene rings is 1. The number of rotatable bonds is 7. The van der Waals surface area contributed by atoms with Crippen LogP contribution in [0.1, 0.15) is 22.5 Å². The van der Waals surface area contributed by atoms with Crippen molar-refractivity contribution in [3.8, 4) is 11.5 Å². The smallest absolute Gasteiger partial charge is 0.226 e. The van der Waals surface area contributed by atoms with Crippen molar-refractivity contribution in [2.24, 2.45) is 4.99 Å². The van der Waals surface area contributed by atoms with Crippen LogP contribution in [0, 0.1) is 12.7 Å². The maximum atomic E-state index is 13.0. The Hall–Kier alpha value is -2.01. The quantitative estimate of drug-likeness (QED) is 0.281. The van der Waals surface area contributed by atoms with Crippen molar-refractivity contribution in [3.63, 3.8) is 0 Å². The molecule has 3 rings (SSSR count). The maximum absolute atomic E-state index is 13.0. The minimum atomic E-state index is -0.280. The summed E-state index contributed by atoms with van der Waals surface area (Å²) in [5.41, 5.74) is 1.58. The van der Waals surface area contributed by atoms with Crippen molar-refractivity contribution in [1.82, 2.24) is 20.6 Å². The number of nitrogens with zero attached hydrogens (tertiary/aromatic N) is 3. The molecule has 150 valence electrons. The average Bonchev–Trinajstić information content (AvgIpc) is 3.29. The Morgan fingerprint density at radius 2 is 2.04 bits per heavy atom. The predicted molar refractivity (Wildman–Crippen MR) is 121 cm³/mol. The van der Waals surface area contributed by atoms with Gasteiger partial charge in [0.1, 0.15) is 17.1 Å². The Labute approximate surface area is 184 Å². The molecule has 0 aliphatic carbocycles. The highest BCUT2D eigenvalue weighted by Crippen LogP contribution is 2.19. The van der Waals surface area contributed by atoms with Gasteiger partial charge in [0.05, 0.1) is 12.2 Å². The summed E-state index contributed by atoms with van der Waals surface area (Å²) in [7, 11) is 0. The second-order valence-electron chi connectivity index (χ2n) is 5.89. The van der Waals surface area contributed by atoms with E-state index in [-0.39, 0.29) is 29.8 Å². The summed E-state index contributed by atoms with van der Waals surface area (Å²) < 4.78 is 18.5. The molecule has 6 nitrogen and oxygen atoms in total. The first-order valence-electron chi connectivity index (χ1n) is 8.78. The first-order valence-corrected chi connectivity index (χ1v) is 9.59. The van der Waals surface area contributed by atoms with Crippen LogP contribution in [0.3, 0.4) is 0 Å². The Kier molecular flexibility index (Phi) is 8.84. The largest absolute Gasteiger partial charge is 0.444 e. The van der Waals surface area contributed by atoms with E-state index in [2.05, 4.69) is 25.6 Å². The van der Waals surface area contributed by atoms with E-state index < -0.39 is 0 Å². The number of aliphatic imine (C=N–C) groups is 1. The zero-order valence-corrected chi connectivity index (χ0v) is 18.9. The second kappa shape index (κ2) is 11.1. The lowest BCUT2D eigenvalue weighted by atomic mass is 10.2. The molecule has 9 heteroatoms. The summed E-state index contributed by atoms with van der Waals surface area (Å²) in [4.78, 5) is 14.5. The first kappa shape index (κ1) is 22.3. The van der Waals surface area contributed by atoms with E-state index in [0.717, 1.165) is 28.8 Å². The van der Waals surface area contributed by atoms with E-state index >= 15 is 0 Å². The van der Waals surface area contributed by atoms with Crippen LogP contribution in [0.5, 0.6) is 0 Å². The third kappa shape index (κ3) is 6.55. The second-order valence-corrected chi connectivity index (χ2v) is 7.21. The number of aryl methyl sites for hydroxylation is 1. The first-order chi connectivity index (χ1) is 13.1. The third-order valence-electron chi connectivity index (χ3n) is 3.70. The van der Waals surface area contributed by atoms with Gasteiger partial charge in [0, 0.05) is 36.1 Å². The van der Waals surface area contributed by atoms with Gasteiger partial charge < -0.3 is 15.1 Å². The SMILES string of the molecule is CCNC(=NCc1ncc(C)s1)NCCc1coc(-c2ccc(F)cc2)n1.I. The average molecular weight is 515 g/mol. The molecule has 0 saturated heterocycles. The van der Waals surface area contributed by atoms with Crippen LogP contribution in [0.15, 0.2) is 46.1 Å². The van der Waals surface area contributed by atoms with Gasteiger partial charge in [-0.25, -0.2) is 19.4 Å². The lowest BCUT2D eigenvalue weighted by molar-refractivity contribution is 0.571. The number of nitrogens with one attached hydrogen (secondary N) is 2. The topological polar surface area (TPSA) is 75.3 Å². The lowest BCUT2D eigenvalue weighted by Crippen LogP contribution is -2.38. The molecule has 0 radical (unpaired) electrons. The molecule has 0 aliphatic heterocycles. The van der Waals surface area contributed by atoms with E-state index in [1.165, 1.54) is 17.0 Å². The minimum Gasteiger partial charge on any atom is -0.444 e. The third-order valence-corrected chi connectivity index (χ3v) is 4.60. The van der Waals surface area contributed by atoms with Crippen LogP contribution in [-0.4, -0.2) is 29.0 Å². The van der Waals surface area contributed by atoms with Gasteiger partial charge in [-0.3, -0.25) is 0 Å². The van der Waals surface area contributed by atoms with E-state index in [9.17, 15) is 4.39 Å².